The van der Waals surface area contributed by atoms with Gasteiger partial charge in [0, 0.05) is 5.92 Å². The molecule has 3 heteroatoms. The van der Waals surface area contributed by atoms with Crippen LogP contribution in [0, 0.1) is 17.6 Å². The van der Waals surface area contributed by atoms with Crippen LogP contribution in [0.15, 0.2) is 18.2 Å². The van der Waals surface area contributed by atoms with Gasteiger partial charge < -0.3 is 5.11 Å². The number of rotatable bonds is 3. The molecule has 0 saturated carbocycles. The highest BCUT2D eigenvalue weighted by Crippen LogP contribution is 2.26. The first kappa shape index (κ1) is 12.1. The molecule has 1 aromatic carbocycles. The van der Waals surface area contributed by atoms with Gasteiger partial charge in [-0.2, -0.15) is 0 Å². The van der Waals surface area contributed by atoms with Crippen molar-refractivity contribution >= 4 is 0 Å². The molecule has 2 atom stereocenters. The number of hydrogen-bond donors (Lipinski definition) is 1. The quantitative estimate of drug-likeness (QED) is 0.819. The summed E-state index contributed by atoms with van der Waals surface area (Å²) in [6, 6.07) is 4.04. The molecule has 1 nitrogen and oxygen atoms in total. The third kappa shape index (κ3) is 2.53. The lowest BCUT2D eigenvalue weighted by atomic mass is 9.88. The van der Waals surface area contributed by atoms with Crippen molar-refractivity contribution in [3.8, 4) is 0 Å². The zero-order chi connectivity index (χ0) is 11.6. The van der Waals surface area contributed by atoms with Gasteiger partial charge in [-0.05, 0) is 17.5 Å². The summed E-state index contributed by atoms with van der Waals surface area (Å²) in [6.07, 6.45) is -0.665. The van der Waals surface area contributed by atoms with E-state index in [-0.39, 0.29) is 11.5 Å². The lowest BCUT2D eigenvalue weighted by Gasteiger charge is -2.22. The van der Waals surface area contributed by atoms with Crippen molar-refractivity contribution < 1.29 is 13.9 Å². The predicted octanol–water partition coefficient (Wildman–Crippen LogP) is 3.09. The molecule has 0 radical (unpaired) electrons. The molecule has 0 saturated heterocycles. The van der Waals surface area contributed by atoms with Gasteiger partial charge in [-0.3, -0.25) is 0 Å². The van der Waals surface area contributed by atoms with Crippen molar-refractivity contribution in [2.45, 2.75) is 32.8 Å². The average molecular weight is 214 g/mol. The number of halogens is 2. The molecule has 0 aliphatic carbocycles. The summed E-state index contributed by atoms with van der Waals surface area (Å²) >= 11 is 0. The van der Waals surface area contributed by atoms with Crippen LogP contribution < -0.4 is 0 Å². The molecular formula is C12H16F2O. The van der Waals surface area contributed by atoms with Gasteiger partial charge in [0.2, 0.25) is 0 Å². The summed E-state index contributed by atoms with van der Waals surface area (Å²) in [6.45, 7) is 5.39. The van der Waals surface area contributed by atoms with Crippen molar-refractivity contribution in [2.75, 3.05) is 0 Å². The molecule has 0 aliphatic rings. The Morgan fingerprint density at radius 2 is 1.73 bits per heavy atom. The van der Waals surface area contributed by atoms with Crippen LogP contribution in [0.2, 0.25) is 0 Å². The minimum atomic E-state index is -0.865. The van der Waals surface area contributed by atoms with E-state index in [0.717, 1.165) is 6.07 Å². The molecule has 0 heterocycles. The standard InChI is InChI=1S/C12H16F2O/c1-7(2)12(15)8(3)9-5-4-6-10(13)11(9)14/h4-8,12,15H,1-3H3. The molecule has 0 aromatic heterocycles. The first-order chi connectivity index (χ1) is 6.95. The smallest absolute Gasteiger partial charge is 0.162 e. The SMILES string of the molecule is CC(C)C(O)C(C)c1cccc(F)c1F. The molecule has 0 aliphatic heterocycles. The number of aliphatic hydroxyl groups is 1. The van der Waals surface area contributed by atoms with Gasteiger partial charge in [-0.25, -0.2) is 8.78 Å². The van der Waals surface area contributed by atoms with E-state index in [1.165, 1.54) is 12.1 Å². The molecular weight excluding hydrogens is 198 g/mol. The highest BCUT2D eigenvalue weighted by molar-refractivity contribution is 5.23. The zero-order valence-corrected chi connectivity index (χ0v) is 9.17. The third-order valence-corrected chi connectivity index (χ3v) is 2.67. The van der Waals surface area contributed by atoms with Crippen LogP contribution in [-0.4, -0.2) is 11.2 Å². The highest BCUT2D eigenvalue weighted by Gasteiger charge is 2.23. The van der Waals surface area contributed by atoms with Gasteiger partial charge in [0.25, 0.3) is 0 Å². The Balaban J connectivity index is 3.01. The van der Waals surface area contributed by atoms with Crippen molar-refractivity contribution in [3.05, 3.63) is 35.4 Å². The average Bonchev–Trinajstić information content (AvgIpc) is 2.20. The Morgan fingerprint density at radius 1 is 1.13 bits per heavy atom. The highest BCUT2D eigenvalue weighted by atomic mass is 19.2. The maximum Gasteiger partial charge on any atom is 0.162 e. The Hall–Kier alpha value is -0.960. The van der Waals surface area contributed by atoms with Crippen LogP contribution in [-0.2, 0) is 0 Å². The zero-order valence-electron chi connectivity index (χ0n) is 9.17. The van der Waals surface area contributed by atoms with Crippen molar-refractivity contribution in [1.82, 2.24) is 0 Å². The molecule has 2 unspecified atom stereocenters. The Kier molecular flexibility index (Phi) is 3.80. The van der Waals surface area contributed by atoms with E-state index in [4.69, 9.17) is 0 Å². The maximum atomic E-state index is 13.4. The monoisotopic (exact) mass is 214 g/mol. The van der Waals surface area contributed by atoms with Crippen LogP contribution in [0.4, 0.5) is 8.78 Å². The van der Waals surface area contributed by atoms with Gasteiger partial charge in [-0.1, -0.05) is 32.9 Å². The van der Waals surface area contributed by atoms with Gasteiger partial charge in [0.1, 0.15) is 0 Å². The summed E-state index contributed by atoms with van der Waals surface area (Å²) < 4.78 is 26.3. The van der Waals surface area contributed by atoms with Gasteiger partial charge in [-0.15, -0.1) is 0 Å². The van der Waals surface area contributed by atoms with Crippen molar-refractivity contribution in [2.24, 2.45) is 5.92 Å². The van der Waals surface area contributed by atoms with Crippen LogP contribution in [0.5, 0.6) is 0 Å². The third-order valence-electron chi connectivity index (χ3n) is 2.67. The summed E-state index contributed by atoms with van der Waals surface area (Å²) in [5, 5.41) is 9.77. The fourth-order valence-electron chi connectivity index (χ4n) is 1.63. The largest absolute Gasteiger partial charge is 0.392 e. The summed E-state index contributed by atoms with van der Waals surface area (Å²) in [4.78, 5) is 0. The van der Waals surface area contributed by atoms with Gasteiger partial charge in [0.15, 0.2) is 11.6 Å². The molecule has 15 heavy (non-hydrogen) atoms. The molecule has 0 spiro atoms. The first-order valence-corrected chi connectivity index (χ1v) is 5.07. The number of aliphatic hydroxyl groups excluding tert-OH is 1. The van der Waals surface area contributed by atoms with Gasteiger partial charge in [0.05, 0.1) is 6.10 Å². The summed E-state index contributed by atoms with van der Waals surface area (Å²) in [5.41, 5.74) is 0.233. The van der Waals surface area contributed by atoms with E-state index in [2.05, 4.69) is 0 Å². The van der Waals surface area contributed by atoms with E-state index < -0.39 is 23.7 Å². The second-order valence-electron chi connectivity index (χ2n) is 4.17. The molecule has 0 bridgehead atoms. The minimum Gasteiger partial charge on any atom is -0.392 e. The van der Waals surface area contributed by atoms with Crippen LogP contribution >= 0.6 is 0 Å². The summed E-state index contributed by atoms with van der Waals surface area (Å²) in [5.74, 6) is -2.11. The topological polar surface area (TPSA) is 20.2 Å². The van der Waals surface area contributed by atoms with E-state index in [1.807, 2.05) is 13.8 Å². The second kappa shape index (κ2) is 4.71. The lowest BCUT2D eigenvalue weighted by molar-refractivity contribution is 0.100. The van der Waals surface area contributed by atoms with Crippen LogP contribution in [0.25, 0.3) is 0 Å². The van der Waals surface area contributed by atoms with E-state index >= 15 is 0 Å². The van der Waals surface area contributed by atoms with E-state index in [9.17, 15) is 13.9 Å². The van der Waals surface area contributed by atoms with Gasteiger partial charge >= 0.3 is 0 Å². The van der Waals surface area contributed by atoms with Crippen molar-refractivity contribution in [1.29, 1.82) is 0 Å². The lowest BCUT2D eigenvalue weighted by Crippen LogP contribution is -2.23. The first-order valence-electron chi connectivity index (χ1n) is 5.07. The van der Waals surface area contributed by atoms with Crippen LogP contribution in [0.3, 0.4) is 0 Å². The van der Waals surface area contributed by atoms with E-state index in [0.29, 0.717) is 0 Å². The molecule has 0 amide bonds. The normalized spacial score (nSPS) is 15.4. The molecule has 0 fully saturated rings. The molecule has 1 rings (SSSR count). The summed E-state index contributed by atoms with van der Waals surface area (Å²) in [7, 11) is 0. The number of benzene rings is 1. The van der Waals surface area contributed by atoms with E-state index in [1.54, 1.807) is 6.92 Å². The molecule has 84 valence electrons. The number of hydrogen-bond acceptors (Lipinski definition) is 1. The Morgan fingerprint density at radius 3 is 2.27 bits per heavy atom. The fraction of sp³-hybridized carbons (Fsp3) is 0.500. The maximum absolute atomic E-state index is 13.4. The van der Waals surface area contributed by atoms with Crippen molar-refractivity contribution in [3.63, 3.8) is 0 Å². The second-order valence-corrected chi connectivity index (χ2v) is 4.17. The Bertz CT molecular complexity index is 336. The van der Waals surface area contributed by atoms with Crippen LogP contribution in [0.1, 0.15) is 32.3 Å². The minimum absolute atomic E-state index is 0.0164. The molecule has 1 N–H and O–H groups in total. The Labute approximate surface area is 88.7 Å². The molecule has 1 aromatic rings. The predicted molar refractivity (Wildman–Crippen MR) is 55.6 cm³/mol. The fourth-order valence-corrected chi connectivity index (χ4v) is 1.63.